The second-order valence-corrected chi connectivity index (χ2v) is 8.88. The van der Waals surface area contributed by atoms with Crippen LogP contribution in [0.1, 0.15) is 19.3 Å². The Kier molecular flexibility index (Phi) is 9.66. The first-order valence-corrected chi connectivity index (χ1v) is 9.93. The summed E-state index contributed by atoms with van der Waals surface area (Å²) in [6.45, 7) is 0.632. The molecule has 2 heterocycles. The number of hydrogen-bond donors (Lipinski definition) is 1. The Balaban J connectivity index is 0.00000312. The molecule has 0 aliphatic carbocycles. The molecule has 0 radical (unpaired) electrons. The summed E-state index contributed by atoms with van der Waals surface area (Å²) in [6.07, 6.45) is -2.40. The van der Waals surface area contributed by atoms with Crippen LogP contribution >= 0.6 is 24.8 Å². The summed E-state index contributed by atoms with van der Waals surface area (Å²) in [6, 6.07) is 0. The first-order chi connectivity index (χ1) is 11.1. The first kappa shape index (κ1) is 25.7. The van der Waals surface area contributed by atoms with Crippen LogP contribution in [0.3, 0.4) is 0 Å². The second-order valence-electron chi connectivity index (χ2n) is 6.55. The van der Waals surface area contributed by atoms with E-state index in [2.05, 4.69) is 5.32 Å². The van der Waals surface area contributed by atoms with Crippen molar-refractivity contribution in [2.24, 2.45) is 0 Å². The molecule has 0 bridgehead atoms. The quantitative estimate of drug-likeness (QED) is 0.706. The monoisotopic (exact) mass is 443 g/mol. The van der Waals surface area contributed by atoms with Gasteiger partial charge in [0.15, 0.2) is 14.6 Å². The topological polar surface area (TPSA) is 69.7 Å². The minimum Gasteiger partial charge on any atom is -0.340 e. The highest BCUT2D eigenvalue weighted by atomic mass is 35.5. The summed E-state index contributed by atoms with van der Waals surface area (Å²) in [7, 11) is -3.62. The van der Waals surface area contributed by atoms with E-state index in [0.717, 1.165) is 6.26 Å². The van der Waals surface area contributed by atoms with Gasteiger partial charge in [-0.25, -0.2) is 8.42 Å². The van der Waals surface area contributed by atoms with Crippen LogP contribution in [-0.4, -0.2) is 87.1 Å². The molecule has 2 rings (SSSR count). The third-order valence-electron chi connectivity index (χ3n) is 4.79. The molecule has 12 heteroatoms. The Morgan fingerprint density at radius 3 is 2.15 bits per heavy atom. The van der Waals surface area contributed by atoms with Crippen molar-refractivity contribution in [3.8, 4) is 0 Å². The van der Waals surface area contributed by atoms with Gasteiger partial charge in [-0.15, -0.1) is 24.8 Å². The van der Waals surface area contributed by atoms with E-state index in [1.165, 1.54) is 9.80 Å². The number of amides is 1. The highest BCUT2D eigenvalue weighted by Gasteiger charge is 2.50. The van der Waals surface area contributed by atoms with Gasteiger partial charge in [0.05, 0.1) is 6.54 Å². The number of nitrogens with zero attached hydrogens (tertiary/aromatic N) is 2. The van der Waals surface area contributed by atoms with Crippen LogP contribution in [0.2, 0.25) is 0 Å². The minimum absolute atomic E-state index is 0. The van der Waals surface area contributed by atoms with Crippen molar-refractivity contribution in [2.75, 3.05) is 52.1 Å². The molecule has 1 amide bonds. The number of halogens is 5. The Labute approximate surface area is 164 Å². The van der Waals surface area contributed by atoms with Crippen LogP contribution in [0.5, 0.6) is 0 Å². The van der Waals surface area contributed by atoms with E-state index in [9.17, 15) is 26.4 Å². The molecule has 0 spiro atoms. The molecule has 2 aliphatic heterocycles. The maximum absolute atomic E-state index is 12.9. The molecule has 0 aromatic carbocycles. The van der Waals surface area contributed by atoms with Gasteiger partial charge >= 0.3 is 6.18 Å². The Morgan fingerprint density at radius 1 is 1.08 bits per heavy atom. The first-order valence-electron chi connectivity index (χ1n) is 8.04. The van der Waals surface area contributed by atoms with E-state index in [1.807, 2.05) is 0 Å². The predicted molar refractivity (Wildman–Crippen MR) is 97.9 cm³/mol. The number of carbonyl (C=O) groups is 1. The highest BCUT2D eigenvalue weighted by Crippen LogP contribution is 2.30. The third kappa shape index (κ3) is 6.12. The van der Waals surface area contributed by atoms with Crippen molar-refractivity contribution in [1.29, 1.82) is 0 Å². The average molecular weight is 444 g/mol. The zero-order chi connectivity index (χ0) is 18.0. The summed E-state index contributed by atoms with van der Waals surface area (Å²) in [4.78, 5) is 15.6. The van der Waals surface area contributed by atoms with Gasteiger partial charge in [0, 0.05) is 32.4 Å². The van der Waals surface area contributed by atoms with Crippen LogP contribution in [0.15, 0.2) is 0 Å². The molecule has 26 heavy (non-hydrogen) atoms. The van der Waals surface area contributed by atoms with Crippen molar-refractivity contribution in [1.82, 2.24) is 15.1 Å². The summed E-state index contributed by atoms with van der Waals surface area (Å²) < 4.78 is 60.7. The number of piperidine rings is 1. The van der Waals surface area contributed by atoms with Crippen molar-refractivity contribution in [3.05, 3.63) is 0 Å². The molecule has 2 fully saturated rings. The molecule has 0 saturated carbocycles. The van der Waals surface area contributed by atoms with Crippen LogP contribution in [0.4, 0.5) is 13.2 Å². The minimum atomic E-state index is -4.28. The fourth-order valence-electron chi connectivity index (χ4n) is 3.45. The largest absolute Gasteiger partial charge is 0.401 e. The SMILES string of the molecule is CS(=O)(=O)C1(C(=O)N2CCCN(CC(F)(F)F)CC2)CCNCC1.Cl.Cl. The number of sulfone groups is 1. The Bertz CT molecular complexity index is 570. The number of nitrogens with one attached hydrogen (secondary N) is 1. The zero-order valence-electron chi connectivity index (χ0n) is 14.5. The van der Waals surface area contributed by atoms with Crippen molar-refractivity contribution < 1.29 is 26.4 Å². The lowest BCUT2D eigenvalue weighted by Gasteiger charge is -2.38. The molecule has 156 valence electrons. The van der Waals surface area contributed by atoms with E-state index in [0.29, 0.717) is 19.5 Å². The van der Waals surface area contributed by atoms with Gasteiger partial charge in [-0.05, 0) is 32.4 Å². The summed E-state index contributed by atoms with van der Waals surface area (Å²) in [5.74, 6) is -0.458. The zero-order valence-corrected chi connectivity index (χ0v) is 17.0. The van der Waals surface area contributed by atoms with Gasteiger partial charge in [-0.2, -0.15) is 13.2 Å². The summed E-state index contributed by atoms with van der Waals surface area (Å²) in [5, 5.41) is 3.05. The predicted octanol–water partition coefficient (Wildman–Crippen LogP) is 1.09. The standard InChI is InChI=1S/C14H24F3N3O3S.2ClH/c1-24(22,23)13(3-5-18-6-4-13)12(21)20-8-2-7-19(9-10-20)11-14(15,16)17;;/h18H,2-11H2,1H3;2*1H. The van der Waals surface area contributed by atoms with Crippen molar-refractivity contribution in [3.63, 3.8) is 0 Å². The lowest BCUT2D eigenvalue weighted by atomic mass is 9.95. The van der Waals surface area contributed by atoms with Crippen LogP contribution in [0, 0.1) is 0 Å². The Hall–Kier alpha value is -0.290. The second kappa shape index (κ2) is 9.77. The molecule has 0 aromatic rings. The van der Waals surface area contributed by atoms with Gasteiger partial charge in [-0.1, -0.05) is 0 Å². The van der Waals surface area contributed by atoms with Crippen LogP contribution in [-0.2, 0) is 14.6 Å². The third-order valence-corrected chi connectivity index (χ3v) is 6.79. The molecule has 0 unspecified atom stereocenters. The van der Waals surface area contributed by atoms with Crippen molar-refractivity contribution in [2.45, 2.75) is 30.2 Å². The maximum atomic E-state index is 12.9. The molecule has 1 N–H and O–H groups in total. The smallest absolute Gasteiger partial charge is 0.340 e. The molecular formula is C14H26Cl2F3N3O3S. The number of hydrogen-bond acceptors (Lipinski definition) is 5. The van der Waals surface area contributed by atoms with Gasteiger partial charge in [0.1, 0.15) is 0 Å². The van der Waals surface area contributed by atoms with E-state index in [1.54, 1.807) is 0 Å². The number of carbonyl (C=O) groups excluding carboxylic acids is 1. The van der Waals surface area contributed by atoms with Gasteiger partial charge in [-0.3, -0.25) is 9.69 Å². The van der Waals surface area contributed by atoms with E-state index in [4.69, 9.17) is 0 Å². The molecule has 2 aliphatic rings. The van der Waals surface area contributed by atoms with E-state index >= 15 is 0 Å². The van der Waals surface area contributed by atoms with Crippen LogP contribution < -0.4 is 5.32 Å². The van der Waals surface area contributed by atoms with E-state index in [-0.39, 0.29) is 63.8 Å². The van der Waals surface area contributed by atoms with Gasteiger partial charge in [0.2, 0.25) is 5.91 Å². The summed E-state index contributed by atoms with van der Waals surface area (Å²) in [5.41, 5.74) is 0. The van der Waals surface area contributed by atoms with Gasteiger partial charge in [0.25, 0.3) is 0 Å². The van der Waals surface area contributed by atoms with E-state index < -0.39 is 33.2 Å². The fourth-order valence-corrected chi connectivity index (χ4v) is 4.84. The molecule has 0 atom stereocenters. The molecule has 2 saturated heterocycles. The number of alkyl halides is 3. The Morgan fingerprint density at radius 2 is 1.65 bits per heavy atom. The highest BCUT2D eigenvalue weighted by molar-refractivity contribution is 7.92. The molecule has 6 nitrogen and oxygen atoms in total. The van der Waals surface area contributed by atoms with Crippen LogP contribution in [0.25, 0.3) is 0 Å². The lowest BCUT2D eigenvalue weighted by molar-refractivity contribution is -0.145. The van der Waals surface area contributed by atoms with Gasteiger partial charge < -0.3 is 10.2 Å². The van der Waals surface area contributed by atoms with Crippen molar-refractivity contribution >= 4 is 40.6 Å². The fraction of sp³-hybridized carbons (Fsp3) is 0.929. The summed E-state index contributed by atoms with van der Waals surface area (Å²) >= 11 is 0. The lowest BCUT2D eigenvalue weighted by Crippen LogP contribution is -2.58. The maximum Gasteiger partial charge on any atom is 0.401 e. The molecular weight excluding hydrogens is 418 g/mol. The molecule has 0 aromatic heterocycles. The average Bonchev–Trinajstić information content (AvgIpc) is 2.70. The normalized spacial score (nSPS) is 21.9. The number of rotatable bonds is 3.